The van der Waals surface area contributed by atoms with Crippen LogP contribution in [0.1, 0.15) is 52.0 Å². The van der Waals surface area contributed by atoms with Crippen LogP contribution in [0.25, 0.3) is 0 Å². The molecule has 0 aromatic heterocycles. The number of rotatable bonds is 6. The van der Waals surface area contributed by atoms with Gasteiger partial charge in [0.15, 0.2) is 0 Å². The molecule has 3 rings (SSSR count). The summed E-state index contributed by atoms with van der Waals surface area (Å²) in [6.07, 6.45) is 3.73. The number of nitrogens with zero attached hydrogens (tertiary/aromatic N) is 2. The summed E-state index contributed by atoms with van der Waals surface area (Å²) in [5.74, 6) is 0.922. The first-order valence-electron chi connectivity index (χ1n) is 10.3. The normalized spacial score (nSPS) is 19.6. The van der Waals surface area contributed by atoms with Crippen molar-refractivity contribution in [3.05, 3.63) is 27.8 Å². The minimum absolute atomic E-state index is 0.103. The van der Waals surface area contributed by atoms with E-state index in [0.717, 1.165) is 43.5 Å². The average Bonchev–Trinajstić information content (AvgIpc) is 3.44. The van der Waals surface area contributed by atoms with Crippen molar-refractivity contribution in [2.45, 2.75) is 65.1 Å². The van der Waals surface area contributed by atoms with Gasteiger partial charge >= 0.3 is 6.09 Å². The first-order chi connectivity index (χ1) is 13.6. The van der Waals surface area contributed by atoms with Crippen LogP contribution in [0, 0.1) is 23.0 Å². The van der Waals surface area contributed by atoms with Crippen LogP contribution in [0.3, 0.4) is 0 Å². The highest BCUT2D eigenvalue weighted by Gasteiger charge is 2.31. The number of nitrogens with one attached hydrogen (secondary N) is 1. The number of hydrogen-bond donors (Lipinski definition) is 1. The molecule has 8 nitrogen and oxygen atoms in total. The second-order valence-corrected chi connectivity index (χ2v) is 8.97. The lowest BCUT2D eigenvalue weighted by Crippen LogP contribution is -2.42. The molecule has 2 aliphatic rings. The minimum Gasteiger partial charge on any atom is -0.490 e. The van der Waals surface area contributed by atoms with Gasteiger partial charge in [0.1, 0.15) is 17.0 Å². The van der Waals surface area contributed by atoms with Gasteiger partial charge in [0, 0.05) is 31.3 Å². The third-order valence-electron chi connectivity index (χ3n) is 5.14. The Morgan fingerprint density at radius 1 is 1.31 bits per heavy atom. The predicted molar refractivity (Wildman–Crippen MR) is 111 cm³/mol. The Kier molecular flexibility index (Phi) is 6.19. The molecule has 1 aromatic carbocycles. The van der Waals surface area contributed by atoms with Gasteiger partial charge in [0.2, 0.25) is 0 Å². The first kappa shape index (κ1) is 21.2. The number of anilines is 1. The molecule has 1 amide bonds. The van der Waals surface area contributed by atoms with Gasteiger partial charge in [0.05, 0.1) is 11.0 Å². The van der Waals surface area contributed by atoms with Crippen molar-refractivity contribution in [1.82, 2.24) is 5.32 Å². The van der Waals surface area contributed by atoms with Gasteiger partial charge in [-0.1, -0.05) is 0 Å². The van der Waals surface area contributed by atoms with Gasteiger partial charge in [-0.25, -0.2) is 4.79 Å². The van der Waals surface area contributed by atoms with E-state index in [2.05, 4.69) is 10.2 Å². The molecule has 1 heterocycles. The van der Waals surface area contributed by atoms with E-state index in [1.807, 2.05) is 27.7 Å². The van der Waals surface area contributed by atoms with Crippen LogP contribution < -0.4 is 15.0 Å². The van der Waals surface area contributed by atoms with Crippen molar-refractivity contribution >= 4 is 17.5 Å². The van der Waals surface area contributed by atoms with E-state index in [-0.39, 0.29) is 22.6 Å². The van der Waals surface area contributed by atoms with E-state index in [1.165, 1.54) is 0 Å². The summed E-state index contributed by atoms with van der Waals surface area (Å²) in [4.78, 5) is 25.3. The lowest BCUT2D eigenvalue weighted by molar-refractivity contribution is -0.384. The summed E-state index contributed by atoms with van der Waals surface area (Å²) >= 11 is 0. The number of piperidine rings is 1. The zero-order valence-electron chi connectivity index (χ0n) is 17.7. The van der Waals surface area contributed by atoms with Gasteiger partial charge in [0.25, 0.3) is 5.69 Å². The van der Waals surface area contributed by atoms with E-state index in [1.54, 1.807) is 12.1 Å². The van der Waals surface area contributed by atoms with Crippen LogP contribution in [0.4, 0.5) is 16.2 Å². The highest BCUT2D eigenvalue weighted by atomic mass is 16.6. The Morgan fingerprint density at radius 3 is 2.66 bits per heavy atom. The van der Waals surface area contributed by atoms with E-state index in [4.69, 9.17) is 9.47 Å². The fraction of sp³-hybridized carbons (Fsp3) is 0.667. The summed E-state index contributed by atoms with van der Waals surface area (Å²) < 4.78 is 11.3. The van der Waals surface area contributed by atoms with Crippen LogP contribution in [-0.2, 0) is 4.74 Å². The van der Waals surface area contributed by atoms with E-state index in [9.17, 15) is 14.9 Å². The SMILES string of the molecule is Cc1c(OC2CC2)ccc([N+](=O)[O-])c1N1CCC[C@@H](CNC(=O)OC(C)(C)C)C1. The van der Waals surface area contributed by atoms with Crippen molar-refractivity contribution in [3.8, 4) is 5.75 Å². The number of benzene rings is 1. The molecule has 0 spiro atoms. The standard InChI is InChI=1S/C21H31N3O5/c1-14-18(28-16-7-8-16)10-9-17(24(26)27)19(14)23-11-5-6-15(13-23)12-22-20(25)29-21(2,3)4/h9-10,15-16H,5-8,11-13H2,1-4H3,(H,22,25)/t15-/m0/s1. The van der Waals surface area contributed by atoms with Crippen molar-refractivity contribution in [2.24, 2.45) is 5.92 Å². The quantitative estimate of drug-likeness (QED) is 0.563. The number of carbonyl (C=O) groups excluding carboxylic acids is 1. The number of carbonyl (C=O) groups is 1. The molecule has 29 heavy (non-hydrogen) atoms. The zero-order valence-corrected chi connectivity index (χ0v) is 17.7. The van der Waals surface area contributed by atoms with Gasteiger partial charge < -0.3 is 19.7 Å². The maximum Gasteiger partial charge on any atom is 0.407 e. The summed E-state index contributed by atoms with van der Waals surface area (Å²) in [5.41, 5.74) is 1.01. The van der Waals surface area contributed by atoms with Crippen LogP contribution >= 0.6 is 0 Å². The van der Waals surface area contributed by atoms with Crippen molar-refractivity contribution in [2.75, 3.05) is 24.5 Å². The average molecular weight is 405 g/mol. The zero-order chi connectivity index (χ0) is 21.2. The molecule has 160 valence electrons. The third kappa shape index (κ3) is 5.74. The number of alkyl carbamates (subject to hydrolysis) is 1. The van der Waals surface area contributed by atoms with E-state index < -0.39 is 11.7 Å². The highest BCUT2D eigenvalue weighted by molar-refractivity contribution is 5.71. The van der Waals surface area contributed by atoms with Gasteiger partial charge in [-0.05, 0) is 65.4 Å². The fourth-order valence-electron chi connectivity index (χ4n) is 3.68. The molecule has 1 aliphatic carbocycles. The summed E-state index contributed by atoms with van der Waals surface area (Å²) in [6.45, 7) is 9.25. The van der Waals surface area contributed by atoms with E-state index in [0.29, 0.717) is 18.8 Å². The Hall–Kier alpha value is -2.51. The summed E-state index contributed by atoms with van der Waals surface area (Å²) in [7, 11) is 0. The molecule has 8 heteroatoms. The van der Waals surface area contributed by atoms with Gasteiger partial charge in [-0.15, -0.1) is 0 Å². The molecule has 0 unspecified atom stereocenters. The van der Waals surface area contributed by atoms with Crippen LogP contribution in [0.5, 0.6) is 5.75 Å². The van der Waals surface area contributed by atoms with Crippen LogP contribution in [-0.4, -0.2) is 42.4 Å². The Bertz CT molecular complexity index is 770. The molecule has 1 N–H and O–H groups in total. The van der Waals surface area contributed by atoms with Gasteiger partial charge in [-0.3, -0.25) is 10.1 Å². The fourth-order valence-corrected chi connectivity index (χ4v) is 3.68. The van der Waals surface area contributed by atoms with Crippen molar-refractivity contribution in [3.63, 3.8) is 0 Å². The molecular formula is C21H31N3O5. The number of amides is 1. The van der Waals surface area contributed by atoms with Crippen molar-refractivity contribution in [1.29, 1.82) is 0 Å². The van der Waals surface area contributed by atoms with Crippen molar-refractivity contribution < 1.29 is 19.2 Å². The molecule has 0 bridgehead atoms. The second-order valence-electron chi connectivity index (χ2n) is 8.97. The lowest BCUT2D eigenvalue weighted by atomic mass is 9.96. The predicted octanol–water partition coefficient (Wildman–Crippen LogP) is 4.19. The molecule has 2 fully saturated rings. The number of hydrogen-bond acceptors (Lipinski definition) is 6. The Morgan fingerprint density at radius 2 is 2.03 bits per heavy atom. The molecule has 1 atom stereocenters. The maximum atomic E-state index is 12.0. The number of nitro benzene ring substituents is 1. The Labute approximate surface area is 171 Å². The maximum absolute atomic E-state index is 12.0. The minimum atomic E-state index is -0.539. The van der Waals surface area contributed by atoms with E-state index >= 15 is 0 Å². The first-order valence-corrected chi connectivity index (χ1v) is 10.3. The highest BCUT2D eigenvalue weighted by Crippen LogP contribution is 2.40. The number of nitro groups is 1. The second kappa shape index (κ2) is 8.47. The van der Waals surface area contributed by atoms with Crippen LogP contribution in [0.2, 0.25) is 0 Å². The lowest BCUT2D eigenvalue weighted by Gasteiger charge is -2.35. The topological polar surface area (TPSA) is 93.9 Å². The third-order valence-corrected chi connectivity index (χ3v) is 5.14. The number of ether oxygens (including phenoxy) is 2. The smallest absolute Gasteiger partial charge is 0.407 e. The monoisotopic (exact) mass is 405 g/mol. The summed E-state index contributed by atoms with van der Waals surface area (Å²) in [5, 5.41) is 14.5. The molecule has 1 saturated carbocycles. The molecule has 1 saturated heterocycles. The van der Waals surface area contributed by atoms with Crippen LogP contribution in [0.15, 0.2) is 12.1 Å². The van der Waals surface area contributed by atoms with Gasteiger partial charge in [-0.2, -0.15) is 0 Å². The largest absolute Gasteiger partial charge is 0.490 e. The summed E-state index contributed by atoms with van der Waals surface area (Å²) in [6, 6.07) is 3.25. The molecular weight excluding hydrogens is 374 g/mol. The molecule has 1 aliphatic heterocycles. The molecule has 1 aromatic rings. The molecule has 0 radical (unpaired) electrons. The Balaban J connectivity index is 1.72.